The van der Waals surface area contributed by atoms with E-state index in [1.165, 1.54) is 18.2 Å². The monoisotopic (exact) mass is 521 g/mol. The van der Waals surface area contributed by atoms with Crippen LogP contribution in [-0.2, 0) is 9.59 Å². The third kappa shape index (κ3) is 4.06. The molecule has 1 aliphatic heterocycles. The number of rotatable bonds is 4. The van der Waals surface area contributed by atoms with Gasteiger partial charge in [-0.15, -0.1) is 0 Å². The lowest BCUT2D eigenvalue weighted by atomic mass is 10.1. The molecule has 0 bridgehead atoms. The molecule has 3 aromatic rings. The molecule has 8 nitrogen and oxygen atoms in total. The highest BCUT2D eigenvalue weighted by Crippen LogP contribution is 2.28. The number of barbiturate groups is 1. The fourth-order valence-corrected chi connectivity index (χ4v) is 4.15. The van der Waals surface area contributed by atoms with Gasteiger partial charge in [0.25, 0.3) is 11.8 Å². The normalized spacial score (nSPS) is 15.1. The average molecular weight is 522 g/mol. The van der Waals surface area contributed by atoms with Crippen molar-refractivity contribution in [3.63, 3.8) is 0 Å². The van der Waals surface area contributed by atoms with Crippen LogP contribution in [0, 0.1) is 20.8 Å². The largest absolute Gasteiger partial charge is 0.478 e. The predicted octanol–water partition coefficient (Wildman–Crippen LogP) is 4.53. The molecule has 0 radical (unpaired) electrons. The van der Waals surface area contributed by atoms with Gasteiger partial charge < -0.3 is 9.67 Å². The summed E-state index contributed by atoms with van der Waals surface area (Å²) in [5.74, 6) is -2.50. The van der Waals surface area contributed by atoms with Gasteiger partial charge >= 0.3 is 12.0 Å². The van der Waals surface area contributed by atoms with Crippen molar-refractivity contribution in [2.45, 2.75) is 20.8 Å². The summed E-state index contributed by atoms with van der Waals surface area (Å²) in [6.07, 6.45) is 1.47. The third-order valence-corrected chi connectivity index (χ3v) is 6.53. The summed E-state index contributed by atoms with van der Waals surface area (Å²) in [6, 6.07) is 12.4. The first-order chi connectivity index (χ1) is 16.1. The second-order valence-electron chi connectivity index (χ2n) is 7.91. The Morgan fingerprint density at radius 2 is 1.62 bits per heavy atom. The Bertz CT molecular complexity index is 1400. The first kappa shape index (κ1) is 23.2. The number of imide groups is 2. The molecule has 0 spiro atoms. The van der Waals surface area contributed by atoms with Crippen LogP contribution < -0.4 is 10.2 Å². The number of urea groups is 1. The van der Waals surface area contributed by atoms with Crippen molar-refractivity contribution in [3.05, 3.63) is 86.7 Å². The van der Waals surface area contributed by atoms with Crippen molar-refractivity contribution < 1.29 is 24.3 Å². The van der Waals surface area contributed by atoms with Crippen molar-refractivity contribution >= 4 is 51.5 Å². The Labute approximate surface area is 203 Å². The Hall–Kier alpha value is -3.98. The van der Waals surface area contributed by atoms with Gasteiger partial charge in [-0.05, 0) is 86.5 Å². The zero-order chi connectivity index (χ0) is 24.7. The summed E-state index contributed by atoms with van der Waals surface area (Å²) >= 11 is 3.40. The molecule has 0 atom stereocenters. The molecule has 172 valence electrons. The maximum atomic E-state index is 13.2. The maximum Gasteiger partial charge on any atom is 0.335 e. The number of anilines is 1. The highest BCUT2D eigenvalue weighted by atomic mass is 79.9. The Morgan fingerprint density at radius 3 is 2.24 bits per heavy atom. The van der Waals surface area contributed by atoms with Crippen molar-refractivity contribution in [2.24, 2.45) is 0 Å². The number of amides is 4. The van der Waals surface area contributed by atoms with Crippen molar-refractivity contribution in [3.8, 4) is 5.69 Å². The van der Waals surface area contributed by atoms with E-state index in [4.69, 9.17) is 5.11 Å². The predicted molar refractivity (Wildman–Crippen MR) is 130 cm³/mol. The van der Waals surface area contributed by atoms with Crippen molar-refractivity contribution in [1.29, 1.82) is 0 Å². The number of aromatic nitrogens is 1. The van der Waals surface area contributed by atoms with Gasteiger partial charge in [0, 0.05) is 21.5 Å². The number of halogens is 1. The number of carboxylic acid groups (broad SMARTS) is 1. The first-order valence-corrected chi connectivity index (χ1v) is 11.1. The Balaban J connectivity index is 1.74. The second kappa shape index (κ2) is 8.75. The molecular formula is C25H20BrN3O5. The van der Waals surface area contributed by atoms with Gasteiger partial charge in [-0.25, -0.2) is 14.5 Å². The van der Waals surface area contributed by atoms with Crippen LogP contribution in [0.25, 0.3) is 11.8 Å². The number of aromatic carboxylic acids is 1. The van der Waals surface area contributed by atoms with Crippen LogP contribution in [0.2, 0.25) is 0 Å². The number of nitrogens with one attached hydrogen (secondary N) is 1. The molecule has 1 aromatic heterocycles. The summed E-state index contributed by atoms with van der Waals surface area (Å²) in [4.78, 5) is 50.4. The number of hydrogen-bond donors (Lipinski definition) is 2. The summed E-state index contributed by atoms with van der Waals surface area (Å²) in [7, 11) is 0. The molecule has 0 saturated carbocycles. The number of carboxylic acids is 1. The van der Waals surface area contributed by atoms with E-state index < -0.39 is 23.8 Å². The lowest BCUT2D eigenvalue weighted by molar-refractivity contribution is -0.122. The molecule has 2 heterocycles. The molecule has 0 aliphatic carbocycles. The van der Waals surface area contributed by atoms with Crippen LogP contribution in [-0.4, -0.2) is 33.5 Å². The average Bonchev–Trinajstić information content (AvgIpc) is 3.06. The number of aryl methyl sites for hydroxylation is 2. The van der Waals surface area contributed by atoms with E-state index in [0.29, 0.717) is 11.3 Å². The molecule has 2 aromatic carbocycles. The standard InChI is InChI=1S/C25H20BrN3O5/c1-13-10-19(8-9-21(13)26)29-23(31)20(22(30)27-25(29)34)12-17-11-14(2)28(15(17)3)18-6-4-16(5-7-18)24(32)33/h4-12H,1-3H3,(H,32,33)(H,27,30,34)/b20-12+. The van der Waals surface area contributed by atoms with Gasteiger partial charge in [0.2, 0.25) is 0 Å². The molecule has 34 heavy (non-hydrogen) atoms. The van der Waals surface area contributed by atoms with Crippen LogP contribution in [0.4, 0.5) is 10.5 Å². The van der Waals surface area contributed by atoms with Gasteiger partial charge in [0.1, 0.15) is 5.57 Å². The highest BCUT2D eigenvalue weighted by molar-refractivity contribution is 9.10. The maximum absolute atomic E-state index is 13.2. The summed E-state index contributed by atoms with van der Waals surface area (Å²) in [5.41, 5.74) is 4.13. The minimum atomic E-state index is -1.01. The van der Waals surface area contributed by atoms with Crippen LogP contribution in [0.15, 0.2) is 58.6 Å². The van der Waals surface area contributed by atoms with Crippen LogP contribution >= 0.6 is 15.9 Å². The van der Waals surface area contributed by atoms with Crippen LogP contribution in [0.5, 0.6) is 0 Å². The van der Waals surface area contributed by atoms with Gasteiger partial charge in [-0.1, -0.05) is 15.9 Å². The van der Waals surface area contributed by atoms with Crippen LogP contribution in [0.3, 0.4) is 0 Å². The van der Waals surface area contributed by atoms with Gasteiger partial charge in [0.15, 0.2) is 0 Å². The number of carbonyl (C=O) groups excluding carboxylic acids is 3. The van der Waals surface area contributed by atoms with E-state index in [9.17, 15) is 19.2 Å². The van der Waals surface area contributed by atoms with Gasteiger partial charge in [-0.3, -0.25) is 14.9 Å². The van der Waals surface area contributed by atoms with E-state index in [1.54, 1.807) is 30.3 Å². The molecule has 4 amide bonds. The Morgan fingerprint density at radius 1 is 0.971 bits per heavy atom. The molecule has 2 N–H and O–H groups in total. The third-order valence-electron chi connectivity index (χ3n) is 5.64. The fourth-order valence-electron chi connectivity index (χ4n) is 3.90. The van der Waals surface area contributed by atoms with Gasteiger partial charge in [-0.2, -0.15) is 0 Å². The molecule has 1 aliphatic rings. The minimum Gasteiger partial charge on any atom is -0.478 e. The molecule has 9 heteroatoms. The van der Waals surface area contributed by atoms with Crippen molar-refractivity contribution in [1.82, 2.24) is 9.88 Å². The highest BCUT2D eigenvalue weighted by Gasteiger charge is 2.37. The van der Waals surface area contributed by atoms with E-state index in [1.807, 2.05) is 31.4 Å². The molecule has 1 fully saturated rings. The summed E-state index contributed by atoms with van der Waals surface area (Å²) < 4.78 is 2.72. The van der Waals surface area contributed by atoms with Crippen LogP contribution in [0.1, 0.15) is 32.9 Å². The van der Waals surface area contributed by atoms with Crippen molar-refractivity contribution in [2.75, 3.05) is 4.90 Å². The van der Waals surface area contributed by atoms with E-state index in [2.05, 4.69) is 21.2 Å². The fraction of sp³-hybridized carbons (Fsp3) is 0.120. The van der Waals surface area contributed by atoms with E-state index in [0.717, 1.165) is 32.0 Å². The minimum absolute atomic E-state index is 0.165. The number of hydrogen-bond acceptors (Lipinski definition) is 4. The van der Waals surface area contributed by atoms with E-state index in [-0.39, 0.29) is 11.1 Å². The number of benzene rings is 2. The molecule has 0 unspecified atom stereocenters. The molecule has 4 rings (SSSR count). The van der Waals surface area contributed by atoms with E-state index >= 15 is 0 Å². The summed E-state index contributed by atoms with van der Waals surface area (Å²) in [5, 5.41) is 11.4. The smallest absolute Gasteiger partial charge is 0.335 e. The SMILES string of the molecule is Cc1cc(N2C(=O)NC(=O)/C(=C\c3cc(C)n(-c4ccc(C(=O)O)cc4)c3C)C2=O)ccc1Br. The number of nitrogens with zero attached hydrogens (tertiary/aromatic N) is 2. The first-order valence-electron chi connectivity index (χ1n) is 10.3. The molecular weight excluding hydrogens is 502 g/mol. The zero-order valence-corrected chi connectivity index (χ0v) is 20.1. The molecule has 1 saturated heterocycles. The summed E-state index contributed by atoms with van der Waals surface area (Å²) in [6.45, 7) is 5.53. The lowest BCUT2D eigenvalue weighted by Crippen LogP contribution is -2.54. The lowest BCUT2D eigenvalue weighted by Gasteiger charge is -2.26. The van der Waals surface area contributed by atoms with Gasteiger partial charge in [0.05, 0.1) is 11.3 Å². The zero-order valence-electron chi connectivity index (χ0n) is 18.5. The Kier molecular flexibility index (Phi) is 5.97. The quantitative estimate of drug-likeness (QED) is 0.387. The number of carbonyl (C=O) groups is 4. The topological polar surface area (TPSA) is 109 Å². The second-order valence-corrected chi connectivity index (χ2v) is 8.76.